The Labute approximate surface area is 105 Å². The van der Waals surface area contributed by atoms with Crippen molar-refractivity contribution in [1.82, 2.24) is 0 Å². The van der Waals surface area contributed by atoms with Crippen LogP contribution in [0.5, 0.6) is 0 Å². The zero-order chi connectivity index (χ0) is 13.2. The number of hydrogen-bond donors (Lipinski definition) is 2. The Morgan fingerprint density at radius 1 is 1.47 bits per heavy atom. The summed E-state index contributed by atoms with van der Waals surface area (Å²) in [5.74, 6) is -0.523. The second kappa shape index (κ2) is 4.75. The van der Waals surface area contributed by atoms with Gasteiger partial charge in [-0.3, -0.25) is 0 Å². The van der Waals surface area contributed by atoms with Crippen LogP contribution in [0.3, 0.4) is 0 Å². The van der Waals surface area contributed by atoms with Crippen LogP contribution < -0.4 is 5.73 Å². The average molecular weight is 255 g/mol. The van der Waals surface area contributed by atoms with Crippen molar-refractivity contribution in [3.63, 3.8) is 0 Å². The SMILES string of the molecule is CC(C)(C)OC(=O)c1ccc(N)c(C=N)c1Cl. The Balaban J connectivity index is 3.16. The topological polar surface area (TPSA) is 76.2 Å². The van der Waals surface area contributed by atoms with Crippen molar-refractivity contribution in [2.45, 2.75) is 26.4 Å². The molecule has 1 aromatic carbocycles. The lowest BCUT2D eigenvalue weighted by atomic mass is 10.1. The van der Waals surface area contributed by atoms with Crippen molar-refractivity contribution in [2.75, 3.05) is 5.73 Å². The van der Waals surface area contributed by atoms with E-state index in [0.29, 0.717) is 11.3 Å². The molecular formula is C12H15ClN2O2. The van der Waals surface area contributed by atoms with Gasteiger partial charge in [0.05, 0.1) is 10.6 Å². The Bertz CT molecular complexity index is 464. The number of esters is 1. The zero-order valence-electron chi connectivity index (χ0n) is 10.0. The van der Waals surface area contributed by atoms with Gasteiger partial charge in [0.25, 0.3) is 0 Å². The van der Waals surface area contributed by atoms with Gasteiger partial charge in [0, 0.05) is 17.5 Å². The Morgan fingerprint density at radius 2 is 2.06 bits per heavy atom. The summed E-state index contributed by atoms with van der Waals surface area (Å²) in [4.78, 5) is 11.8. The molecule has 0 saturated carbocycles. The monoisotopic (exact) mass is 254 g/mol. The van der Waals surface area contributed by atoms with E-state index in [0.717, 1.165) is 6.21 Å². The Kier molecular flexibility index (Phi) is 3.78. The van der Waals surface area contributed by atoms with Gasteiger partial charge in [-0.05, 0) is 32.9 Å². The molecule has 1 rings (SSSR count). The first-order valence-electron chi connectivity index (χ1n) is 5.08. The number of ether oxygens (including phenoxy) is 1. The highest BCUT2D eigenvalue weighted by Gasteiger charge is 2.21. The third kappa shape index (κ3) is 3.20. The minimum absolute atomic E-state index is 0.147. The van der Waals surface area contributed by atoms with Gasteiger partial charge in [-0.2, -0.15) is 0 Å². The fourth-order valence-corrected chi connectivity index (χ4v) is 1.55. The van der Waals surface area contributed by atoms with Crippen molar-refractivity contribution in [2.24, 2.45) is 0 Å². The number of hydrogen-bond acceptors (Lipinski definition) is 4. The number of benzene rings is 1. The van der Waals surface area contributed by atoms with Gasteiger partial charge in [0.2, 0.25) is 0 Å². The van der Waals surface area contributed by atoms with Crippen LogP contribution in [0.15, 0.2) is 12.1 Å². The quantitative estimate of drug-likeness (QED) is 0.484. The van der Waals surface area contributed by atoms with E-state index in [1.165, 1.54) is 12.1 Å². The lowest BCUT2D eigenvalue weighted by Crippen LogP contribution is -2.24. The highest BCUT2D eigenvalue weighted by atomic mass is 35.5. The molecule has 1 aromatic rings. The number of nitrogens with two attached hydrogens (primary N) is 1. The molecule has 0 amide bonds. The molecule has 92 valence electrons. The summed E-state index contributed by atoms with van der Waals surface area (Å²) in [5.41, 5.74) is 5.95. The molecule has 0 unspecified atom stereocenters. The van der Waals surface area contributed by atoms with Crippen LogP contribution in [-0.2, 0) is 4.74 Å². The molecule has 0 heterocycles. The number of nitrogen functional groups attached to an aromatic ring is 1. The summed E-state index contributed by atoms with van der Waals surface area (Å²) in [6, 6.07) is 3.03. The van der Waals surface area contributed by atoms with Crippen molar-refractivity contribution in [3.8, 4) is 0 Å². The molecule has 0 aliphatic rings. The summed E-state index contributed by atoms with van der Waals surface area (Å²) < 4.78 is 5.20. The van der Waals surface area contributed by atoms with Crippen LogP contribution in [-0.4, -0.2) is 17.8 Å². The minimum Gasteiger partial charge on any atom is -0.456 e. The number of carbonyl (C=O) groups excluding carboxylic acids is 1. The molecule has 0 fully saturated rings. The van der Waals surface area contributed by atoms with Crippen molar-refractivity contribution < 1.29 is 9.53 Å². The van der Waals surface area contributed by atoms with Crippen molar-refractivity contribution in [3.05, 3.63) is 28.3 Å². The summed E-state index contributed by atoms with van der Waals surface area (Å²) in [6.45, 7) is 5.31. The number of rotatable bonds is 2. The third-order valence-corrected chi connectivity index (χ3v) is 2.38. The van der Waals surface area contributed by atoms with E-state index in [1.807, 2.05) is 0 Å². The number of anilines is 1. The van der Waals surface area contributed by atoms with Gasteiger partial charge < -0.3 is 15.9 Å². The number of nitrogens with one attached hydrogen (secondary N) is 1. The Hall–Kier alpha value is -1.55. The van der Waals surface area contributed by atoms with Gasteiger partial charge in [-0.1, -0.05) is 11.6 Å². The van der Waals surface area contributed by atoms with Crippen LogP contribution in [0, 0.1) is 5.41 Å². The van der Waals surface area contributed by atoms with Gasteiger partial charge >= 0.3 is 5.97 Å². The molecule has 0 aliphatic heterocycles. The minimum atomic E-state index is -0.591. The zero-order valence-corrected chi connectivity index (χ0v) is 10.8. The van der Waals surface area contributed by atoms with E-state index < -0.39 is 11.6 Å². The Morgan fingerprint density at radius 3 is 2.53 bits per heavy atom. The maximum atomic E-state index is 11.8. The van der Waals surface area contributed by atoms with Crippen LogP contribution in [0.1, 0.15) is 36.7 Å². The molecule has 3 N–H and O–H groups in total. The first-order chi connectivity index (χ1) is 7.76. The highest BCUT2D eigenvalue weighted by molar-refractivity contribution is 6.36. The van der Waals surface area contributed by atoms with E-state index in [2.05, 4.69) is 0 Å². The first-order valence-corrected chi connectivity index (χ1v) is 5.46. The molecule has 5 heteroatoms. The van der Waals surface area contributed by atoms with E-state index in [-0.39, 0.29) is 10.6 Å². The van der Waals surface area contributed by atoms with Gasteiger partial charge in [0.1, 0.15) is 5.60 Å². The second-order valence-electron chi connectivity index (χ2n) is 4.58. The molecule has 0 aliphatic carbocycles. The van der Waals surface area contributed by atoms with Crippen LogP contribution in [0.25, 0.3) is 0 Å². The average Bonchev–Trinajstić information content (AvgIpc) is 2.15. The van der Waals surface area contributed by atoms with Crippen LogP contribution in [0.2, 0.25) is 5.02 Å². The van der Waals surface area contributed by atoms with Gasteiger partial charge in [0.15, 0.2) is 0 Å². The van der Waals surface area contributed by atoms with E-state index in [9.17, 15) is 4.79 Å². The number of halogens is 1. The lowest BCUT2D eigenvalue weighted by molar-refractivity contribution is 0.00698. The molecule has 4 nitrogen and oxygen atoms in total. The molecule has 0 atom stereocenters. The normalized spacial score (nSPS) is 11.1. The van der Waals surface area contributed by atoms with E-state index in [1.54, 1.807) is 20.8 Å². The standard InChI is InChI=1S/C12H15ClN2O2/c1-12(2,3)17-11(16)7-4-5-9(15)8(6-14)10(7)13/h4-6,14H,15H2,1-3H3. The van der Waals surface area contributed by atoms with Gasteiger partial charge in [-0.25, -0.2) is 4.79 Å². The molecule has 0 spiro atoms. The number of carbonyl (C=O) groups is 1. The highest BCUT2D eigenvalue weighted by Crippen LogP contribution is 2.26. The molecule has 0 saturated heterocycles. The summed E-state index contributed by atoms with van der Waals surface area (Å²) in [5, 5.41) is 7.35. The third-order valence-electron chi connectivity index (χ3n) is 1.98. The fourth-order valence-electron chi connectivity index (χ4n) is 1.25. The van der Waals surface area contributed by atoms with E-state index in [4.69, 9.17) is 27.5 Å². The second-order valence-corrected chi connectivity index (χ2v) is 4.95. The molecule has 0 aromatic heterocycles. The molecule has 0 bridgehead atoms. The van der Waals surface area contributed by atoms with Crippen LogP contribution in [0.4, 0.5) is 5.69 Å². The van der Waals surface area contributed by atoms with Crippen molar-refractivity contribution in [1.29, 1.82) is 5.41 Å². The predicted molar refractivity (Wildman–Crippen MR) is 68.9 cm³/mol. The molecule has 17 heavy (non-hydrogen) atoms. The fraction of sp³-hybridized carbons (Fsp3) is 0.333. The summed E-state index contributed by atoms with van der Waals surface area (Å²) >= 11 is 6.01. The maximum absolute atomic E-state index is 11.8. The largest absolute Gasteiger partial charge is 0.456 e. The smallest absolute Gasteiger partial charge is 0.340 e. The van der Waals surface area contributed by atoms with E-state index >= 15 is 0 Å². The summed E-state index contributed by atoms with van der Waals surface area (Å²) in [6.07, 6.45) is 1.02. The first kappa shape index (κ1) is 13.5. The lowest BCUT2D eigenvalue weighted by Gasteiger charge is -2.20. The van der Waals surface area contributed by atoms with Gasteiger partial charge in [-0.15, -0.1) is 0 Å². The summed E-state index contributed by atoms with van der Waals surface area (Å²) in [7, 11) is 0. The van der Waals surface area contributed by atoms with Crippen LogP contribution >= 0.6 is 11.6 Å². The molecular weight excluding hydrogens is 240 g/mol. The predicted octanol–water partition coefficient (Wildman–Crippen LogP) is 2.88. The maximum Gasteiger partial charge on any atom is 0.340 e. The van der Waals surface area contributed by atoms with Crippen molar-refractivity contribution >= 4 is 29.5 Å². The molecule has 0 radical (unpaired) electrons.